The van der Waals surface area contributed by atoms with Crippen LogP contribution in [0.15, 0.2) is 50.6 Å². The van der Waals surface area contributed by atoms with E-state index in [2.05, 4.69) is 25.9 Å². The fraction of sp³-hybridized carbons (Fsp3) is 0.111. The van der Waals surface area contributed by atoms with Gasteiger partial charge in [-0.25, -0.2) is 4.39 Å². The maximum Gasteiger partial charge on any atom is 0.204 e. The van der Waals surface area contributed by atoms with Gasteiger partial charge < -0.3 is 9.97 Å². The first kappa shape index (κ1) is 16.4. The Balaban J connectivity index is 2.16. The van der Waals surface area contributed by atoms with Crippen molar-refractivity contribution in [1.82, 2.24) is 9.97 Å². The summed E-state index contributed by atoms with van der Waals surface area (Å²) >= 11 is 3.25. The summed E-state index contributed by atoms with van der Waals surface area (Å²) < 4.78 is 13.4. The summed E-state index contributed by atoms with van der Waals surface area (Å²) in [6.45, 7) is 3.54. The molecule has 0 saturated heterocycles. The lowest BCUT2D eigenvalue weighted by Gasteiger charge is -2.09. The Morgan fingerprint density at radius 2 is 1.71 bits per heavy atom. The molecule has 0 spiro atoms. The number of pyridine rings is 2. The van der Waals surface area contributed by atoms with E-state index in [1.54, 1.807) is 26.0 Å². The number of nitrogens with one attached hydrogen (secondary N) is 2. The number of hydrogen-bond acceptors (Lipinski definition) is 2. The highest BCUT2D eigenvalue weighted by atomic mass is 79.9. The molecule has 2 heterocycles. The molecule has 0 saturated carbocycles. The first-order chi connectivity index (χ1) is 11.4. The molecule has 0 fully saturated rings. The molecule has 2 aromatic heterocycles. The second-order valence-electron chi connectivity index (χ2n) is 5.52. The number of H-pyrrole nitrogens is 2. The number of halogens is 2. The van der Waals surface area contributed by atoms with E-state index in [1.165, 1.54) is 24.4 Å². The van der Waals surface area contributed by atoms with Crippen molar-refractivity contribution in [3.05, 3.63) is 78.7 Å². The first-order valence-electron chi connectivity index (χ1n) is 7.26. The molecular weight excluding hydrogens is 375 g/mol. The van der Waals surface area contributed by atoms with Crippen molar-refractivity contribution in [3.63, 3.8) is 0 Å². The second-order valence-corrected chi connectivity index (χ2v) is 6.32. The Morgan fingerprint density at radius 3 is 2.33 bits per heavy atom. The predicted molar refractivity (Wildman–Crippen MR) is 95.7 cm³/mol. The van der Waals surface area contributed by atoms with Crippen LogP contribution >= 0.6 is 15.9 Å². The topological polar surface area (TPSA) is 65.7 Å². The average Bonchev–Trinajstić information content (AvgIpc) is 2.55. The van der Waals surface area contributed by atoms with Gasteiger partial charge in [0.2, 0.25) is 5.43 Å². The lowest BCUT2D eigenvalue weighted by molar-refractivity contribution is 0.628. The van der Waals surface area contributed by atoms with Gasteiger partial charge in [0, 0.05) is 29.3 Å². The minimum absolute atomic E-state index is 0.233. The number of aromatic amines is 2. The maximum atomic E-state index is 13.0. The normalized spacial score (nSPS) is 10.8. The summed E-state index contributed by atoms with van der Waals surface area (Å²) in [5.41, 5.74) is 2.70. The Bertz CT molecular complexity index is 1040. The van der Waals surface area contributed by atoms with E-state index < -0.39 is 0 Å². The molecule has 0 radical (unpaired) electrons. The summed E-state index contributed by atoms with van der Waals surface area (Å²) in [7, 11) is 0. The maximum absolute atomic E-state index is 13.0. The monoisotopic (exact) mass is 388 g/mol. The standard InChI is InChI=1S/C18H14BrFN2O2/c1-9-16(18(24)17(19)10(2)22-9)13-8-21-14(7-15(13)23)11-3-5-12(20)6-4-11/h3-8H,1-2H3,(H,21,23)(H,22,24). The molecule has 0 unspecified atom stereocenters. The van der Waals surface area contributed by atoms with Gasteiger partial charge in [-0.3, -0.25) is 9.59 Å². The largest absolute Gasteiger partial charge is 0.361 e. The van der Waals surface area contributed by atoms with Crippen LogP contribution in [-0.4, -0.2) is 9.97 Å². The van der Waals surface area contributed by atoms with Gasteiger partial charge in [0.15, 0.2) is 5.43 Å². The third kappa shape index (κ3) is 2.85. The Hall–Kier alpha value is -2.47. The van der Waals surface area contributed by atoms with Crippen molar-refractivity contribution in [2.45, 2.75) is 13.8 Å². The number of hydrogen-bond donors (Lipinski definition) is 2. The van der Waals surface area contributed by atoms with Crippen LogP contribution in [0.1, 0.15) is 11.4 Å². The summed E-state index contributed by atoms with van der Waals surface area (Å²) in [5.74, 6) is -0.343. The molecule has 0 aliphatic heterocycles. The van der Waals surface area contributed by atoms with Crippen molar-refractivity contribution < 1.29 is 4.39 Å². The third-order valence-electron chi connectivity index (χ3n) is 3.84. The second kappa shape index (κ2) is 6.20. The van der Waals surface area contributed by atoms with Gasteiger partial charge in [-0.05, 0) is 59.6 Å². The minimum Gasteiger partial charge on any atom is -0.361 e. The Labute approximate surface area is 145 Å². The smallest absolute Gasteiger partial charge is 0.204 e. The molecule has 3 rings (SSSR count). The number of rotatable bonds is 2. The highest BCUT2D eigenvalue weighted by molar-refractivity contribution is 9.10. The molecule has 0 aliphatic rings. The highest BCUT2D eigenvalue weighted by Crippen LogP contribution is 2.21. The fourth-order valence-electron chi connectivity index (χ4n) is 2.64. The van der Waals surface area contributed by atoms with E-state index >= 15 is 0 Å². The minimum atomic E-state index is -0.343. The molecule has 0 bridgehead atoms. The first-order valence-corrected chi connectivity index (χ1v) is 8.06. The van der Waals surface area contributed by atoms with Crippen molar-refractivity contribution in [2.24, 2.45) is 0 Å². The molecule has 6 heteroatoms. The van der Waals surface area contributed by atoms with Gasteiger partial charge in [0.05, 0.1) is 15.6 Å². The van der Waals surface area contributed by atoms with E-state index in [4.69, 9.17) is 0 Å². The van der Waals surface area contributed by atoms with Crippen molar-refractivity contribution >= 4 is 15.9 Å². The average molecular weight is 389 g/mol. The highest BCUT2D eigenvalue weighted by Gasteiger charge is 2.15. The van der Waals surface area contributed by atoms with Crippen LogP contribution in [0.25, 0.3) is 22.4 Å². The quantitative estimate of drug-likeness (QED) is 0.698. The molecule has 24 heavy (non-hydrogen) atoms. The van der Waals surface area contributed by atoms with E-state index in [0.717, 1.165) is 0 Å². The molecular formula is C18H14BrFN2O2. The molecule has 2 N–H and O–H groups in total. The van der Waals surface area contributed by atoms with Crippen LogP contribution in [-0.2, 0) is 0 Å². The number of aryl methyl sites for hydroxylation is 2. The fourth-order valence-corrected chi connectivity index (χ4v) is 2.93. The molecule has 122 valence electrons. The van der Waals surface area contributed by atoms with Gasteiger partial charge in [-0.15, -0.1) is 0 Å². The molecule has 4 nitrogen and oxygen atoms in total. The molecule has 3 aromatic rings. The summed E-state index contributed by atoms with van der Waals surface area (Å²) in [4.78, 5) is 31.1. The molecule has 0 aliphatic carbocycles. The number of aromatic nitrogens is 2. The Kier molecular flexibility index (Phi) is 4.24. The SMILES string of the molecule is Cc1[nH]c(C)c(-c2c[nH]c(-c3ccc(F)cc3)cc2=O)c(=O)c1Br. The van der Waals surface area contributed by atoms with Gasteiger partial charge >= 0.3 is 0 Å². The molecule has 1 aromatic carbocycles. The van der Waals surface area contributed by atoms with Crippen molar-refractivity contribution in [2.75, 3.05) is 0 Å². The summed E-state index contributed by atoms with van der Waals surface area (Å²) in [6.07, 6.45) is 1.51. The summed E-state index contributed by atoms with van der Waals surface area (Å²) in [6, 6.07) is 7.23. The molecule has 0 amide bonds. The van der Waals surface area contributed by atoms with Crippen LogP contribution in [0.4, 0.5) is 4.39 Å². The lowest BCUT2D eigenvalue weighted by atomic mass is 10.0. The van der Waals surface area contributed by atoms with Crippen LogP contribution in [0.2, 0.25) is 0 Å². The van der Waals surface area contributed by atoms with Crippen LogP contribution in [0, 0.1) is 19.7 Å². The Morgan fingerprint density at radius 1 is 1.04 bits per heavy atom. The van der Waals surface area contributed by atoms with Gasteiger partial charge in [0.25, 0.3) is 0 Å². The van der Waals surface area contributed by atoms with E-state index in [0.29, 0.717) is 38.2 Å². The molecule has 0 atom stereocenters. The van der Waals surface area contributed by atoms with Crippen LogP contribution < -0.4 is 10.9 Å². The zero-order chi connectivity index (χ0) is 17.4. The van der Waals surface area contributed by atoms with E-state index in [1.807, 2.05) is 0 Å². The zero-order valence-corrected chi connectivity index (χ0v) is 14.6. The third-order valence-corrected chi connectivity index (χ3v) is 4.80. The van der Waals surface area contributed by atoms with E-state index in [9.17, 15) is 14.0 Å². The van der Waals surface area contributed by atoms with Crippen molar-refractivity contribution in [3.8, 4) is 22.4 Å². The van der Waals surface area contributed by atoms with Gasteiger partial charge in [0.1, 0.15) is 5.82 Å². The van der Waals surface area contributed by atoms with E-state index in [-0.39, 0.29) is 16.7 Å². The number of benzene rings is 1. The zero-order valence-electron chi connectivity index (χ0n) is 13.0. The van der Waals surface area contributed by atoms with Crippen molar-refractivity contribution in [1.29, 1.82) is 0 Å². The van der Waals surface area contributed by atoms with Gasteiger partial charge in [-0.2, -0.15) is 0 Å². The predicted octanol–water partition coefficient (Wildman–Crippen LogP) is 3.92. The van der Waals surface area contributed by atoms with Gasteiger partial charge in [-0.1, -0.05) is 0 Å². The van der Waals surface area contributed by atoms with Crippen LogP contribution in [0.5, 0.6) is 0 Å². The summed E-state index contributed by atoms with van der Waals surface area (Å²) in [5, 5.41) is 0. The van der Waals surface area contributed by atoms with Crippen LogP contribution in [0.3, 0.4) is 0 Å². The lowest BCUT2D eigenvalue weighted by Crippen LogP contribution is -2.17.